The molecule has 0 unspecified atom stereocenters. The maximum Gasteiger partial charge on any atom is 0.490 e. The first-order valence-electron chi connectivity index (χ1n) is 3.85. The second-order valence-electron chi connectivity index (χ2n) is 2.89. The zero-order chi connectivity index (χ0) is 11.4. The summed E-state index contributed by atoms with van der Waals surface area (Å²) in [6.07, 6.45) is -2.51. The van der Waals surface area contributed by atoms with Crippen molar-refractivity contribution in [2.45, 2.75) is 31.2 Å². The summed E-state index contributed by atoms with van der Waals surface area (Å²) < 4.78 is 36.7. The van der Waals surface area contributed by atoms with Gasteiger partial charge in [0, 0.05) is 13.2 Å². The molecule has 0 bridgehead atoms. The van der Waals surface area contributed by atoms with Crippen LogP contribution in [0.4, 0.5) is 13.2 Å². The van der Waals surface area contributed by atoms with E-state index in [1.165, 1.54) is 0 Å². The average molecular weight is 215 g/mol. The van der Waals surface area contributed by atoms with Crippen molar-refractivity contribution in [2.24, 2.45) is 5.73 Å². The smallest absolute Gasteiger partial charge is 0.475 e. The Morgan fingerprint density at radius 1 is 1.50 bits per heavy atom. The Morgan fingerprint density at radius 2 is 1.86 bits per heavy atom. The van der Waals surface area contributed by atoms with Crippen molar-refractivity contribution in [3.8, 4) is 0 Å². The number of carbonyl (C=O) groups is 1. The van der Waals surface area contributed by atoms with Crippen LogP contribution >= 0.6 is 0 Å². The highest BCUT2D eigenvalue weighted by Crippen LogP contribution is 2.19. The van der Waals surface area contributed by atoms with E-state index in [4.69, 9.17) is 20.4 Å². The van der Waals surface area contributed by atoms with E-state index in [1.54, 1.807) is 7.11 Å². The van der Waals surface area contributed by atoms with Gasteiger partial charge in [0.2, 0.25) is 0 Å². The molecular formula is C7H12F3NO3. The van der Waals surface area contributed by atoms with Gasteiger partial charge in [-0.3, -0.25) is 0 Å². The van der Waals surface area contributed by atoms with Crippen molar-refractivity contribution in [2.75, 3.05) is 7.11 Å². The molecule has 0 aromatic heterocycles. The number of methoxy groups -OCH3 is 1. The van der Waals surface area contributed by atoms with E-state index in [2.05, 4.69) is 0 Å². The third-order valence-electron chi connectivity index (χ3n) is 1.71. The van der Waals surface area contributed by atoms with Crippen LogP contribution in [-0.2, 0) is 9.53 Å². The fourth-order valence-electron chi connectivity index (χ4n) is 0.799. The summed E-state index contributed by atoms with van der Waals surface area (Å²) in [5, 5.41) is 7.12. The molecule has 84 valence electrons. The van der Waals surface area contributed by atoms with Crippen molar-refractivity contribution in [3.05, 3.63) is 0 Å². The third kappa shape index (κ3) is 5.03. The van der Waals surface area contributed by atoms with Gasteiger partial charge in [0.05, 0.1) is 6.10 Å². The third-order valence-corrected chi connectivity index (χ3v) is 1.71. The fraction of sp³-hybridized carbons (Fsp3) is 0.857. The van der Waals surface area contributed by atoms with Crippen LogP contribution in [0.1, 0.15) is 12.8 Å². The molecule has 0 aromatic rings. The molecule has 4 nitrogen and oxygen atoms in total. The highest BCUT2D eigenvalue weighted by molar-refractivity contribution is 5.73. The SMILES string of the molecule is CO[C@H]1C[C@@H](N)C1.O=C(O)C(F)(F)F. The van der Waals surface area contributed by atoms with Crippen molar-refractivity contribution < 1.29 is 27.8 Å². The minimum atomic E-state index is -5.08. The van der Waals surface area contributed by atoms with Crippen molar-refractivity contribution >= 4 is 5.97 Å². The standard InChI is InChI=1S/C5H11NO.C2HF3O2/c1-7-5-2-4(6)3-5;3-2(4,5)1(6)7/h4-5H,2-3,6H2,1H3;(H,6,7)/t4-,5+;. The molecule has 1 saturated carbocycles. The lowest BCUT2D eigenvalue weighted by Crippen LogP contribution is -2.40. The van der Waals surface area contributed by atoms with Gasteiger partial charge in [-0.15, -0.1) is 0 Å². The van der Waals surface area contributed by atoms with Crippen LogP contribution in [0, 0.1) is 0 Å². The highest BCUT2D eigenvalue weighted by Gasteiger charge is 2.38. The van der Waals surface area contributed by atoms with Crippen molar-refractivity contribution in [1.29, 1.82) is 0 Å². The van der Waals surface area contributed by atoms with Crippen molar-refractivity contribution in [3.63, 3.8) is 0 Å². The van der Waals surface area contributed by atoms with Crippen LogP contribution in [0.2, 0.25) is 0 Å². The molecule has 0 heterocycles. The lowest BCUT2D eigenvalue weighted by molar-refractivity contribution is -0.192. The quantitative estimate of drug-likeness (QED) is 0.677. The van der Waals surface area contributed by atoms with Crippen LogP contribution in [0.25, 0.3) is 0 Å². The van der Waals surface area contributed by atoms with E-state index < -0.39 is 12.1 Å². The molecule has 3 N–H and O–H groups in total. The molecule has 1 aliphatic carbocycles. The summed E-state index contributed by atoms with van der Waals surface area (Å²) in [6, 6.07) is 0.421. The number of alkyl halides is 3. The molecule has 0 aromatic carbocycles. The molecule has 0 spiro atoms. The molecule has 0 saturated heterocycles. The lowest BCUT2D eigenvalue weighted by Gasteiger charge is -2.30. The predicted molar refractivity (Wildman–Crippen MR) is 41.7 cm³/mol. The van der Waals surface area contributed by atoms with E-state index in [0.717, 1.165) is 12.8 Å². The largest absolute Gasteiger partial charge is 0.490 e. The van der Waals surface area contributed by atoms with Crippen molar-refractivity contribution in [1.82, 2.24) is 0 Å². The molecule has 1 rings (SSSR count). The first-order chi connectivity index (χ1) is 6.27. The minimum absolute atomic E-state index is 0.421. The second-order valence-corrected chi connectivity index (χ2v) is 2.89. The average Bonchev–Trinajstić information content (AvgIpc) is 1.98. The minimum Gasteiger partial charge on any atom is -0.475 e. The van der Waals surface area contributed by atoms with Gasteiger partial charge >= 0.3 is 12.1 Å². The Kier molecular flexibility index (Phi) is 4.86. The van der Waals surface area contributed by atoms with Gasteiger partial charge in [-0.1, -0.05) is 0 Å². The normalized spacial score (nSPS) is 25.8. The predicted octanol–water partition coefficient (Wildman–Crippen LogP) is 0.756. The Balaban J connectivity index is 0.000000241. The van der Waals surface area contributed by atoms with E-state index >= 15 is 0 Å². The lowest BCUT2D eigenvalue weighted by atomic mass is 9.90. The maximum absolute atomic E-state index is 10.6. The van der Waals surface area contributed by atoms with Crippen LogP contribution in [0.15, 0.2) is 0 Å². The van der Waals surface area contributed by atoms with Crippen LogP contribution in [0.3, 0.4) is 0 Å². The monoisotopic (exact) mass is 215 g/mol. The van der Waals surface area contributed by atoms with Gasteiger partial charge in [-0.25, -0.2) is 4.79 Å². The molecule has 0 radical (unpaired) electrons. The number of ether oxygens (including phenoxy) is 1. The van der Waals surface area contributed by atoms with Gasteiger partial charge in [0.25, 0.3) is 0 Å². The van der Waals surface area contributed by atoms with E-state index in [-0.39, 0.29) is 0 Å². The molecule has 0 atom stereocenters. The fourth-order valence-corrected chi connectivity index (χ4v) is 0.799. The van der Waals surface area contributed by atoms with Crippen LogP contribution in [-0.4, -0.2) is 36.5 Å². The Labute approximate surface area is 78.8 Å². The Hall–Kier alpha value is -0.820. The van der Waals surface area contributed by atoms with E-state index in [1.807, 2.05) is 0 Å². The Morgan fingerprint density at radius 3 is 1.93 bits per heavy atom. The summed E-state index contributed by atoms with van der Waals surface area (Å²) in [7, 11) is 1.73. The first-order valence-corrected chi connectivity index (χ1v) is 3.85. The second kappa shape index (κ2) is 5.16. The summed E-state index contributed by atoms with van der Waals surface area (Å²) in [4.78, 5) is 8.90. The number of halogens is 3. The summed E-state index contributed by atoms with van der Waals surface area (Å²) >= 11 is 0. The number of aliphatic carboxylic acids is 1. The van der Waals surface area contributed by atoms with Gasteiger partial charge in [0.15, 0.2) is 0 Å². The topological polar surface area (TPSA) is 72.5 Å². The number of nitrogens with two attached hydrogens (primary N) is 1. The molecule has 0 amide bonds. The van der Waals surface area contributed by atoms with Gasteiger partial charge in [0.1, 0.15) is 0 Å². The van der Waals surface area contributed by atoms with Crippen LogP contribution in [0.5, 0.6) is 0 Å². The Bertz CT molecular complexity index is 189. The van der Waals surface area contributed by atoms with Gasteiger partial charge < -0.3 is 15.6 Å². The molecule has 1 aliphatic rings. The number of hydrogen-bond acceptors (Lipinski definition) is 3. The maximum atomic E-state index is 10.6. The first kappa shape index (κ1) is 13.2. The summed E-state index contributed by atoms with van der Waals surface area (Å²) in [6.45, 7) is 0. The number of carboxylic acids is 1. The van der Waals surface area contributed by atoms with Crippen LogP contribution < -0.4 is 5.73 Å². The molecule has 0 aliphatic heterocycles. The molecule has 14 heavy (non-hydrogen) atoms. The zero-order valence-corrected chi connectivity index (χ0v) is 7.54. The molecule has 1 fully saturated rings. The number of rotatable bonds is 1. The molecule has 7 heteroatoms. The highest BCUT2D eigenvalue weighted by atomic mass is 19.4. The van der Waals surface area contributed by atoms with E-state index in [9.17, 15) is 13.2 Å². The molecular weight excluding hydrogens is 203 g/mol. The van der Waals surface area contributed by atoms with Gasteiger partial charge in [-0.05, 0) is 12.8 Å². The number of carboxylic acid groups (broad SMARTS) is 1. The zero-order valence-electron chi connectivity index (χ0n) is 7.54. The summed E-state index contributed by atoms with van der Waals surface area (Å²) in [5.41, 5.74) is 5.46. The summed E-state index contributed by atoms with van der Waals surface area (Å²) in [5.74, 6) is -2.76. The van der Waals surface area contributed by atoms with Gasteiger partial charge in [-0.2, -0.15) is 13.2 Å². The number of hydrogen-bond donors (Lipinski definition) is 2. The van der Waals surface area contributed by atoms with E-state index in [0.29, 0.717) is 12.1 Å².